The van der Waals surface area contributed by atoms with Crippen molar-refractivity contribution >= 4 is 17.1 Å². The second-order valence-electron chi connectivity index (χ2n) is 4.77. The van der Waals surface area contributed by atoms with Gasteiger partial charge >= 0.3 is 0 Å². The van der Waals surface area contributed by atoms with Crippen LogP contribution in [0.25, 0.3) is 0 Å². The van der Waals surface area contributed by atoms with E-state index in [2.05, 4.69) is 0 Å². The molecule has 1 nitrogen and oxygen atoms in total. The summed E-state index contributed by atoms with van der Waals surface area (Å²) in [4.78, 5) is 13.7. The van der Waals surface area contributed by atoms with Gasteiger partial charge in [0.15, 0.2) is 5.78 Å². The molecule has 1 heterocycles. The van der Waals surface area contributed by atoms with Crippen LogP contribution in [0.3, 0.4) is 0 Å². The molecule has 4 heteroatoms. The Morgan fingerprint density at radius 2 is 1.95 bits per heavy atom. The van der Waals surface area contributed by atoms with Crippen molar-refractivity contribution in [3.8, 4) is 0 Å². The number of carbonyl (C=O) groups excluding carboxylic acids is 1. The quantitative estimate of drug-likeness (QED) is 0.747. The summed E-state index contributed by atoms with van der Waals surface area (Å²) < 4.78 is 26.4. The van der Waals surface area contributed by atoms with E-state index in [1.165, 1.54) is 4.88 Å². The van der Waals surface area contributed by atoms with E-state index in [4.69, 9.17) is 0 Å². The first-order valence-corrected chi connectivity index (χ1v) is 7.09. The molecule has 0 N–H and O–H groups in total. The van der Waals surface area contributed by atoms with E-state index >= 15 is 0 Å². The number of carbonyl (C=O) groups is 1. The zero-order valence-electron chi connectivity index (χ0n) is 10.2. The van der Waals surface area contributed by atoms with Gasteiger partial charge in [-0.2, -0.15) is 0 Å². The van der Waals surface area contributed by atoms with Gasteiger partial charge in [-0.1, -0.05) is 0 Å². The van der Waals surface area contributed by atoms with Gasteiger partial charge in [0.1, 0.15) is 11.6 Å². The summed E-state index contributed by atoms with van der Waals surface area (Å²) >= 11 is 1.65. The summed E-state index contributed by atoms with van der Waals surface area (Å²) in [7, 11) is 0. The molecular formula is C15H12F2OS. The monoisotopic (exact) mass is 278 g/mol. The number of halogens is 2. The zero-order chi connectivity index (χ0) is 13.4. The molecule has 19 heavy (non-hydrogen) atoms. The van der Waals surface area contributed by atoms with Crippen molar-refractivity contribution in [1.29, 1.82) is 0 Å². The second-order valence-corrected chi connectivity index (χ2v) is 5.77. The van der Waals surface area contributed by atoms with Gasteiger partial charge in [-0.15, -0.1) is 11.3 Å². The average molecular weight is 278 g/mol. The van der Waals surface area contributed by atoms with Gasteiger partial charge in [0.25, 0.3) is 0 Å². The SMILES string of the molecule is O=C(c1cc(F)cc(F)c1)C1CCCc2sccc21. The van der Waals surface area contributed by atoms with Crippen molar-refractivity contribution in [2.75, 3.05) is 0 Å². The van der Waals surface area contributed by atoms with Gasteiger partial charge in [0.2, 0.25) is 0 Å². The van der Waals surface area contributed by atoms with Gasteiger partial charge < -0.3 is 0 Å². The number of rotatable bonds is 2. The highest BCUT2D eigenvalue weighted by Crippen LogP contribution is 2.37. The number of fused-ring (bicyclic) bond motifs is 1. The Labute approximate surface area is 113 Å². The van der Waals surface area contributed by atoms with Crippen LogP contribution in [-0.4, -0.2) is 5.78 Å². The van der Waals surface area contributed by atoms with Crippen molar-refractivity contribution in [3.05, 3.63) is 57.3 Å². The number of hydrogen-bond acceptors (Lipinski definition) is 2. The number of thiophene rings is 1. The maximum absolute atomic E-state index is 13.2. The molecule has 1 aliphatic rings. The van der Waals surface area contributed by atoms with Crippen molar-refractivity contribution in [2.45, 2.75) is 25.2 Å². The van der Waals surface area contributed by atoms with Crippen LogP contribution in [0.4, 0.5) is 8.78 Å². The van der Waals surface area contributed by atoms with E-state index in [-0.39, 0.29) is 17.3 Å². The Bertz CT molecular complexity index is 613. The minimum Gasteiger partial charge on any atom is -0.293 e. The molecular weight excluding hydrogens is 266 g/mol. The maximum atomic E-state index is 13.2. The molecule has 98 valence electrons. The third-order valence-electron chi connectivity index (χ3n) is 3.52. The lowest BCUT2D eigenvalue weighted by molar-refractivity contribution is 0.0950. The molecule has 0 fully saturated rings. The highest BCUT2D eigenvalue weighted by Gasteiger charge is 2.28. The Morgan fingerprint density at radius 3 is 2.68 bits per heavy atom. The molecule has 3 rings (SSSR count). The standard InChI is InChI=1S/C15H12F2OS/c16-10-6-9(7-11(17)8-10)15(18)13-2-1-3-14-12(13)4-5-19-14/h4-8,13H,1-3H2. The third-order valence-corrected chi connectivity index (χ3v) is 4.51. The number of benzene rings is 1. The van der Waals surface area contributed by atoms with E-state index in [1.807, 2.05) is 11.4 Å². The fraction of sp³-hybridized carbons (Fsp3) is 0.267. The van der Waals surface area contributed by atoms with E-state index in [0.29, 0.717) is 0 Å². The van der Waals surface area contributed by atoms with Crippen molar-refractivity contribution in [3.63, 3.8) is 0 Å². The van der Waals surface area contributed by atoms with Crippen molar-refractivity contribution in [1.82, 2.24) is 0 Å². The largest absolute Gasteiger partial charge is 0.293 e. The Morgan fingerprint density at radius 1 is 1.21 bits per heavy atom. The lowest BCUT2D eigenvalue weighted by atomic mass is 9.82. The second kappa shape index (κ2) is 4.85. The number of aryl methyl sites for hydroxylation is 1. The first-order valence-electron chi connectivity index (χ1n) is 6.22. The Balaban J connectivity index is 1.97. The molecule has 1 aromatic carbocycles. The van der Waals surface area contributed by atoms with Crippen LogP contribution in [-0.2, 0) is 6.42 Å². The normalized spacial score (nSPS) is 18.1. The smallest absolute Gasteiger partial charge is 0.170 e. The summed E-state index contributed by atoms with van der Waals surface area (Å²) in [6.07, 6.45) is 2.69. The lowest BCUT2D eigenvalue weighted by Gasteiger charge is -2.21. The van der Waals surface area contributed by atoms with E-state index < -0.39 is 11.6 Å². The third kappa shape index (κ3) is 2.32. The van der Waals surface area contributed by atoms with Crippen LogP contribution in [0.1, 0.15) is 39.6 Å². The van der Waals surface area contributed by atoms with Crippen molar-refractivity contribution < 1.29 is 13.6 Å². The van der Waals surface area contributed by atoms with Gasteiger partial charge in [0, 0.05) is 22.4 Å². The van der Waals surface area contributed by atoms with Crippen LogP contribution in [0.5, 0.6) is 0 Å². The minimum absolute atomic E-state index is 0.126. The summed E-state index contributed by atoms with van der Waals surface area (Å²) in [5, 5.41) is 1.97. The minimum atomic E-state index is -0.704. The molecule has 0 amide bonds. The highest BCUT2D eigenvalue weighted by atomic mass is 32.1. The maximum Gasteiger partial charge on any atom is 0.170 e. The van der Waals surface area contributed by atoms with Crippen molar-refractivity contribution in [2.24, 2.45) is 0 Å². The van der Waals surface area contributed by atoms with Gasteiger partial charge in [-0.25, -0.2) is 8.78 Å². The molecule has 0 spiro atoms. The van der Waals surface area contributed by atoms with Crippen LogP contribution in [0, 0.1) is 11.6 Å². The molecule has 1 aromatic heterocycles. The summed E-state index contributed by atoms with van der Waals surface area (Å²) in [6.45, 7) is 0. The summed E-state index contributed by atoms with van der Waals surface area (Å²) in [5.41, 5.74) is 1.16. The number of Topliss-reactive ketones (excluding diaryl/α,β-unsaturated/α-hetero) is 1. The van der Waals surface area contributed by atoms with Crippen LogP contribution in [0.2, 0.25) is 0 Å². The van der Waals surface area contributed by atoms with Crippen LogP contribution >= 0.6 is 11.3 Å². The Kier molecular flexibility index (Phi) is 3.19. The molecule has 0 aliphatic heterocycles. The number of hydrogen-bond donors (Lipinski definition) is 0. The molecule has 0 saturated carbocycles. The number of ketones is 1. The lowest BCUT2D eigenvalue weighted by Crippen LogP contribution is -2.17. The predicted octanol–water partition coefficient (Wildman–Crippen LogP) is 4.33. The summed E-state index contributed by atoms with van der Waals surface area (Å²) in [6, 6.07) is 4.98. The fourth-order valence-corrected chi connectivity index (χ4v) is 3.64. The topological polar surface area (TPSA) is 17.1 Å². The molecule has 0 radical (unpaired) electrons. The van der Waals surface area contributed by atoms with E-state index in [1.54, 1.807) is 11.3 Å². The molecule has 1 atom stereocenters. The molecule has 1 unspecified atom stereocenters. The first kappa shape index (κ1) is 12.5. The Hall–Kier alpha value is -1.55. The van der Waals surface area contributed by atoms with Gasteiger partial charge in [-0.3, -0.25) is 4.79 Å². The highest BCUT2D eigenvalue weighted by molar-refractivity contribution is 7.10. The zero-order valence-corrected chi connectivity index (χ0v) is 11.0. The molecule has 2 aromatic rings. The first-order chi connectivity index (χ1) is 9.15. The van der Waals surface area contributed by atoms with Crippen LogP contribution in [0.15, 0.2) is 29.6 Å². The fourth-order valence-electron chi connectivity index (χ4n) is 2.66. The molecule has 1 aliphatic carbocycles. The van der Waals surface area contributed by atoms with E-state index in [0.717, 1.165) is 43.0 Å². The van der Waals surface area contributed by atoms with E-state index in [9.17, 15) is 13.6 Å². The predicted molar refractivity (Wildman–Crippen MR) is 70.7 cm³/mol. The summed E-state index contributed by atoms with van der Waals surface area (Å²) in [5.74, 6) is -1.84. The molecule has 0 bridgehead atoms. The average Bonchev–Trinajstić information content (AvgIpc) is 2.84. The van der Waals surface area contributed by atoms with Gasteiger partial charge in [-0.05, 0) is 48.4 Å². The van der Waals surface area contributed by atoms with Gasteiger partial charge in [0.05, 0.1) is 0 Å². The molecule has 0 saturated heterocycles. The van der Waals surface area contributed by atoms with Crippen LogP contribution < -0.4 is 0 Å².